The van der Waals surface area contributed by atoms with Crippen LogP contribution in [0.5, 0.6) is 0 Å². The fourth-order valence-electron chi connectivity index (χ4n) is 2.83. The molecule has 1 N–H and O–H groups in total. The van der Waals surface area contributed by atoms with Crippen LogP contribution < -0.4 is 0 Å². The predicted octanol–water partition coefficient (Wildman–Crippen LogP) is 4.73. The van der Waals surface area contributed by atoms with Crippen molar-refractivity contribution < 1.29 is 9.53 Å². The number of halogens is 1. The molecule has 0 spiro atoms. The molecular weight excluding hydrogens is 324 g/mol. The Labute approximate surface area is 143 Å². The Bertz CT molecular complexity index is 1060. The highest BCUT2D eigenvalue weighted by Crippen LogP contribution is 2.25. The van der Waals surface area contributed by atoms with Crippen LogP contribution >= 0.6 is 11.6 Å². The average molecular weight is 337 g/mol. The number of aromatic amines is 1. The van der Waals surface area contributed by atoms with Crippen molar-refractivity contribution in [2.45, 2.75) is 6.61 Å². The summed E-state index contributed by atoms with van der Waals surface area (Å²) in [7, 11) is 0. The van der Waals surface area contributed by atoms with E-state index >= 15 is 0 Å². The van der Waals surface area contributed by atoms with Crippen LogP contribution in [0.15, 0.2) is 60.9 Å². The van der Waals surface area contributed by atoms with Gasteiger partial charge in [-0.15, -0.1) is 0 Å². The Balaban J connectivity index is 1.63. The van der Waals surface area contributed by atoms with Gasteiger partial charge in [-0.2, -0.15) is 0 Å². The second-order valence-corrected chi connectivity index (χ2v) is 5.90. The summed E-state index contributed by atoms with van der Waals surface area (Å²) in [5, 5.41) is 3.42. The minimum absolute atomic E-state index is 0.161. The first-order chi connectivity index (χ1) is 11.7. The van der Waals surface area contributed by atoms with E-state index in [9.17, 15) is 4.79 Å². The van der Waals surface area contributed by atoms with E-state index in [2.05, 4.69) is 9.97 Å². The van der Waals surface area contributed by atoms with Gasteiger partial charge in [-0.1, -0.05) is 35.9 Å². The normalized spacial score (nSPS) is 11.0. The zero-order valence-electron chi connectivity index (χ0n) is 12.6. The fraction of sp³-hybridized carbons (Fsp3) is 0.0526. The standard InChI is InChI=1S/C19H13ClN2O2/c20-14-9-12-3-1-2-4-15(12)13(10-14)11-24-19(23)17-6-8-22-18-16(17)5-7-21-18/h1-10H,11H2,(H,21,22). The molecule has 118 valence electrons. The molecule has 2 aromatic carbocycles. The monoisotopic (exact) mass is 336 g/mol. The number of ether oxygens (including phenoxy) is 1. The molecule has 0 saturated heterocycles. The van der Waals surface area contributed by atoms with E-state index in [0.29, 0.717) is 16.2 Å². The zero-order valence-corrected chi connectivity index (χ0v) is 13.4. The van der Waals surface area contributed by atoms with Gasteiger partial charge >= 0.3 is 5.97 Å². The number of rotatable bonds is 3. The SMILES string of the molecule is O=C(OCc1cc(Cl)cc2ccccc12)c1ccnc2[nH]ccc12. The van der Waals surface area contributed by atoms with Crippen LogP contribution in [0.2, 0.25) is 5.02 Å². The molecule has 0 aliphatic heterocycles. The van der Waals surface area contributed by atoms with Crippen LogP contribution in [0.3, 0.4) is 0 Å². The Morgan fingerprint density at radius 1 is 1.12 bits per heavy atom. The van der Waals surface area contributed by atoms with Crippen LogP contribution in [0, 0.1) is 0 Å². The van der Waals surface area contributed by atoms with E-state index < -0.39 is 0 Å². The molecule has 0 unspecified atom stereocenters. The molecule has 0 atom stereocenters. The smallest absolute Gasteiger partial charge is 0.339 e. The van der Waals surface area contributed by atoms with Crippen molar-refractivity contribution in [3.05, 3.63) is 77.1 Å². The summed E-state index contributed by atoms with van der Waals surface area (Å²) in [6.07, 6.45) is 3.34. The number of aromatic nitrogens is 2. The highest BCUT2D eigenvalue weighted by molar-refractivity contribution is 6.31. The average Bonchev–Trinajstić information content (AvgIpc) is 3.07. The predicted molar refractivity (Wildman–Crippen MR) is 94.2 cm³/mol. The third-order valence-electron chi connectivity index (χ3n) is 3.95. The van der Waals surface area contributed by atoms with E-state index in [4.69, 9.17) is 16.3 Å². The van der Waals surface area contributed by atoms with Gasteiger partial charge in [-0.25, -0.2) is 9.78 Å². The van der Waals surface area contributed by atoms with Crippen molar-refractivity contribution in [2.24, 2.45) is 0 Å². The third-order valence-corrected chi connectivity index (χ3v) is 4.17. The van der Waals surface area contributed by atoms with Crippen LogP contribution in [-0.2, 0) is 11.3 Å². The minimum Gasteiger partial charge on any atom is -0.457 e. The molecule has 0 bridgehead atoms. The lowest BCUT2D eigenvalue weighted by atomic mass is 10.1. The molecule has 0 aliphatic rings. The zero-order chi connectivity index (χ0) is 16.5. The molecule has 24 heavy (non-hydrogen) atoms. The number of H-pyrrole nitrogens is 1. The first-order valence-corrected chi connectivity index (χ1v) is 7.86. The molecule has 0 radical (unpaired) electrons. The highest BCUT2D eigenvalue weighted by Gasteiger charge is 2.13. The first-order valence-electron chi connectivity index (χ1n) is 7.49. The van der Waals surface area contributed by atoms with Crippen molar-refractivity contribution in [1.82, 2.24) is 9.97 Å². The quantitative estimate of drug-likeness (QED) is 0.550. The van der Waals surface area contributed by atoms with Gasteiger partial charge in [0, 0.05) is 22.8 Å². The summed E-state index contributed by atoms with van der Waals surface area (Å²) in [5.74, 6) is -0.383. The van der Waals surface area contributed by atoms with Gasteiger partial charge in [0.05, 0.1) is 5.56 Å². The summed E-state index contributed by atoms with van der Waals surface area (Å²) in [5.41, 5.74) is 2.04. The number of esters is 1. The molecule has 2 aromatic heterocycles. The maximum atomic E-state index is 12.5. The number of nitrogens with zero attached hydrogens (tertiary/aromatic N) is 1. The van der Waals surface area contributed by atoms with Gasteiger partial charge in [0.25, 0.3) is 0 Å². The number of pyridine rings is 1. The van der Waals surface area contributed by atoms with E-state index in [1.165, 1.54) is 0 Å². The highest BCUT2D eigenvalue weighted by atomic mass is 35.5. The van der Waals surface area contributed by atoms with Gasteiger partial charge < -0.3 is 9.72 Å². The molecule has 0 aliphatic carbocycles. The molecule has 4 rings (SSSR count). The van der Waals surface area contributed by atoms with Crippen molar-refractivity contribution in [1.29, 1.82) is 0 Å². The summed E-state index contributed by atoms with van der Waals surface area (Å²) >= 11 is 6.17. The largest absolute Gasteiger partial charge is 0.457 e. The fourth-order valence-corrected chi connectivity index (χ4v) is 3.08. The number of carbonyl (C=O) groups excluding carboxylic acids is 1. The van der Waals surface area contributed by atoms with E-state index in [-0.39, 0.29) is 12.6 Å². The lowest BCUT2D eigenvalue weighted by molar-refractivity contribution is 0.0476. The number of hydrogen-bond donors (Lipinski definition) is 1. The maximum absolute atomic E-state index is 12.5. The number of benzene rings is 2. The van der Waals surface area contributed by atoms with Crippen LogP contribution in [-0.4, -0.2) is 15.9 Å². The first kappa shape index (κ1) is 14.7. The van der Waals surface area contributed by atoms with Crippen LogP contribution in [0.1, 0.15) is 15.9 Å². The van der Waals surface area contributed by atoms with Gasteiger partial charge in [0.15, 0.2) is 0 Å². The molecular formula is C19H13ClN2O2. The molecule has 2 heterocycles. The Morgan fingerprint density at radius 3 is 2.92 bits per heavy atom. The van der Waals surface area contributed by atoms with Gasteiger partial charge in [0.2, 0.25) is 0 Å². The minimum atomic E-state index is -0.383. The van der Waals surface area contributed by atoms with Gasteiger partial charge in [-0.3, -0.25) is 0 Å². The Hall–Kier alpha value is -2.85. The van der Waals surface area contributed by atoms with Crippen molar-refractivity contribution in [3.63, 3.8) is 0 Å². The lowest BCUT2D eigenvalue weighted by Crippen LogP contribution is -2.06. The molecule has 4 nitrogen and oxygen atoms in total. The van der Waals surface area contributed by atoms with Crippen LogP contribution in [0.25, 0.3) is 21.8 Å². The molecule has 0 amide bonds. The van der Waals surface area contributed by atoms with Gasteiger partial charge in [0.1, 0.15) is 12.3 Å². The topological polar surface area (TPSA) is 55.0 Å². The summed E-state index contributed by atoms with van der Waals surface area (Å²) in [4.78, 5) is 19.6. The number of carbonyl (C=O) groups is 1. The van der Waals surface area contributed by atoms with Crippen LogP contribution in [0.4, 0.5) is 0 Å². The second kappa shape index (κ2) is 5.98. The Kier molecular flexibility index (Phi) is 3.67. The lowest BCUT2D eigenvalue weighted by Gasteiger charge is -2.09. The van der Waals surface area contributed by atoms with Crippen molar-refractivity contribution in [2.75, 3.05) is 0 Å². The van der Waals surface area contributed by atoms with Gasteiger partial charge in [-0.05, 0) is 40.6 Å². The molecule has 5 heteroatoms. The summed E-state index contributed by atoms with van der Waals surface area (Å²) in [6.45, 7) is 0.161. The number of fused-ring (bicyclic) bond motifs is 2. The Morgan fingerprint density at radius 2 is 2.00 bits per heavy atom. The molecule has 0 saturated carbocycles. The van der Waals surface area contributed by atoms with E-state index in [0.717, 1.165) is 21.7 Å². The number of hydrogen-bond acceptors (Lipinski definition) is 3. The third kappa shape index (κ3) is 2.61. The van der Waals surface area contributed by atoms with E-state index in [1.807, 2.05) is 42.5 Å². The number of nitrogens with one attached hydrogen (secondary N) is 1. The van der Waals surface area contributed by atoms with Crippen molar-refractivity contribution in [3.8, 4) is 0 Å². The van der Waals surface area contributed by atoms with E-state index in [1.54, 1.807) is 18.5 Å². The summed E-state index contributed by atoms with van der Waals surface area (Å²) in [6, 6.07) is 15.1. The van der Waals surface area contributed by atoms with Crippen molar-refractivity contribution >= 4 is 39.4 Å². The molecule has 0 fully saturated rings. The second-order valence-electron chi connectivity index (χ2n) is 5.46. The maximum Gasteiger partial charge on any atom is 0.339 e. The summed E-state index contributed by atoms with van der Waals surface area (Å²) < 4.78 is 5.52. The molecule has 4 aromatic rings.